The zero-order chi connectivity index (χ0) is 45.5. The van der Waals surface area contributed by atoms with Gasteiger partial charge in [-0.1, -0.05) is 188 Å². The van der Waals surface area contributed by atoms with Crippen molar-refractivity contribution in [1.29, 1.82) is 0 Å². The quantitative estimate of drug-likeness (QED) is 0.166. The summed E-state index contributed by atoms with van der Waals surface area (Å²) in [5, 5.41) is 1.14. The fourth-order valence-electron chi connectivity index (χ4n) is 10.5. The van der Waals surface area contributed by atoms with Crippen molar-refractivity contribution in [3.63, 3.8) is 0 Å². The third-order valence-electron chi connectivity index (χ3n) is 13.6. The summed E-state index contributed by atoms with van der Waals surface area (Å²) in [6, 6.07) is 78.5. The lowest BCUT2D eigenvalue weighted by Crippen LogP contribution is -2.32. The normalized spacial score (nSPS) is 12.9. The topological polar surface area (TPSA) is 73.7 Å². The van der Waals surface area contributed by atoms with Crippen LogP contribution in [0.4, 0.5) is 0 Å². The van der Waals surface area contributed by atoms with Crippen LogP contribution < -0.4 is 4.74 Å². The van der Waals surface area contributed by atoms with Gasteiger partial charge in [-0.15, -0.1) is 11.3 Å². The van der Waals surface area contributed by atoms with Gasteiger partial charge in [-0.05, 0) is 69.8 Å². The maximum absolute atomic E-state index is 6.77. The predicted octanol–water partition coefficient (Wildman–Crippen LogP) is 15.5. The predicted molar refractivity (Wildman–Crippen MR) is 278 cm³/mol. The summed E-state index contributed by atoms with van der Waals surface area (Å²) in [5.41, 5.74) is 14.9. The number of benzene rings is 9. The summed E-state index contributed by atoms with van der Waals surface area (Å²) in [5.74, 6) is 4.20. The molecule has 6 nitrogen and oxygen atoms in total. The minimum atomic E-state index is -0.740. The molecule has 14 rings (SSSR count). The molecule has 2 aliphatic rings. The van der Waals surface area contributed by atoms with Crippen LogP contribution in [0.1, 0.15) is 22.3 Å². The molecule has 1 aliphatic carbocycles. The lowest BCUT2D eigenvalue weighted by molar-refractivity contribution is 0.436. The largest absolute Gasteiger partial charge is 0.457 e. The van der Waals surface area contributed by atoms with Crippen molar-refractivity contribution in [2.24, 2.45) is 0 Å². The van der Waals surface area contributed by atoms with Crippen LogP contribution in [-0.2, 0) is 5.41 Å². The van der Waals surface area contributed by atoms with Gasteiger partial charge in [-0.3, -0.25) is 0 Å². The third-order valence-corrected chi connectivity index (χ3v) is 14.8. The van der Waals surface area contributed by atoms with E-state index in [0.717, 1.165) is 94.0 Å². The summed E-state index contributed by atoms with van der Waals surface area (Å²) in [4.78, 5) is 26.0. The van der Waals surface area contributed by atoms with E-state index in [1.165, 1.54) is 15.8 Å². The molecule has 69 heavy (non-hydrogen) atoms. The average molecular weight is 900 g/mol. The number of hydrogen-bond donors (Lipinski definition) is 0. The Bertz CT molecular complexity index is 3900. The summed E-state index contributed by atoms with van der Waals surface area (Å²) < 4.78 is 9.06. The van der Waals surface area contributed by atoms with Gasteiger partial charge < -0.3 is 4.74 Å². The molecule has 0 amide bonds. The number of thiophene rings is 1. The van der Waals surface area contributed by atoms with Crippen molar-refractivity contribution in [2.45, 2.75) is 5.41 Å². The highest BCUT2D eigenvalue weighted by atomic mass is 32.1. The molecule has 12 aromatic rings. The first-order chi connectivity index (χ1) is 34.2. The summed E-state index contributed by atoms with van der Waals surface area (Å²) in [7, 11) is 0. The first kappa shape index (κ1) is 39.3. The van der Waals surface area contributed by atoms with Crippen LogP contribution in [0.2, 0.25) is 0 Å². The van der Waals surface area contributed by atoms with E-state index >= 15 is 0 Å². The molecule has 0 atom stereocenters. The molecule has 0 unspecified atom stereocenters. The van der Waals surface area contributed by atoms with Gasteiger partial charge in [0.2, 0.25) is 0 Å². The van der Waals surface area contributed by atoms with Crippen LogP contribution >= 0.6 is 11.3 Å². The van der Waals surface area contributed by atoms with Crippen LogP contribution in [0.5, 0.6) is 11.5 Å². The Labute approximate surface area is 402 Å². The minimum absolute atomic E-state index is 0.606. The SMILES string of the molecule is c1ccc(-c2nc(-c3ccccc3)nc(-c3ccc4c(c3)C3(c5ccccc5Oc5ccccc53)c3cc(-c5cccc(-c6nc(-c7ccccc7)c7sc8ccccc8c7n6)c5)ccc3-4)n2)cc1. The van der Waals surface area contributed by atoms with Gasteiger partial charge in [0, 0.05) is 49.0 Å². The Kier molecular flexibility index (Phi) is 8.87. The molecule has 0 bridgehead atoms. The number of fused-ring (bicyclic) bond motifs is 12. The first-order valence-corrected chi connectivity index (χ1v) is 23.9. The van der Waals surface area contributed by atoms with Gasteiger partial charge in [-0.25, -0.2) is 24.9 Å². The molecule has 1 aliphatic heterocycles. The number of para-hydroxylation sites is 2. The van der Waals surface area contributed by atoms with Crippen LogP contribution in [0.25, 0.3) is 99.4 Å². The monoisotopic (exact) mass is 899 g/mol. The van der Waals surface area contributed by atoms with Crippen LogP contribution in [-0.4, -0.2) is 24.9 Å². The standard InChI is InChI=1S/C62H37N5OS/c1-4-17-38(18-5-1)55-57-56(47-25-10-15-30-54(47)69-57)64-60(63-55)43-24-16-23-41(35-43)42-31-33-45-46-34-32-44(61-66-58(39-19-6-2-7-20-39)65-59(67-61)40-21-8-3-9-22-40)37-51(46)62(50(45)36-42)48-26-11-13-28-52(48)68-53-29-14-12-27-49(53)62/h1-37H. The second-order valence-electron chi connectivity index (χ2n) is 17.5. The summed E-state index contributed by atoms with van der Waals surface area (Å²) in [6.07, 6.45) is 0. The highest BCUT2D eigenvalue weighted by Gasteiger charge is 2.51. The highest BCUT2D eigenvalue weighted by molar-refractivity contribution is 7.26. The molecule has 4 heterocycles. The Morgan fingerprint density at radius 1 is 0.333 bits per heavy atom. The number of rotatable bonds is 6. The second kappa shape index (κ2) is 15.6. The second-order valence-corrected chi connectivity index (χ2v) is 18.6. The highest BCUT2D eigenvalue weighted by Crippen LogP contribution is 2.63. The van der Waals surface area contributed by atoms with E-state index in [-0.39, 0.29) is 0 Å². The van der Waals surface area contributed by atoms with Crippen molar-refractivity contribution in [1.82, 2.24) is 24.9 Å². The molecule has 1 spiro atoms. The summed E-state index contributed by atoms with van der Waals surface area (Å²) in [6.45, 7) is 0. The smallest absolute Gasteiger partial charge is 0.164 e. The maximum Gasteiger partial charge on any atom is 0.164 e. The van der Waals surface area contributed by atoms with Gasteiger partial charge in [0.25, 0.3) is 0 Å². The molecular formula is C62H37N5OS. The number of ether oxygens (including phenoxy) is 1. The fraction of sp³-hybridized carbons (Fsp3) is 0.0161. The van der Waals surface area contributed by atoms with Gasteiger partial charge >= 0.3 is 0 Å². The summed E-state index contributed by atoms with van der Waals surface area (Å²) >= 11 is 1.75. The fourth-order valence-corrected chi connectivity index (χ4v) is 11.7. The zero-order valence-electron chi connectivity index (χ0n) is 36.9. The molecule has 322 valence electrons. The minimum Gasteiger partial charge on any atom is -0.457 e. The first-order valence-electron chi connectivity index (χ1n) is 23.1. The van der Waals surface area contributed by atoms with E-state index in [2.05, 4.69) is 158 Å². The molecule has 0 saturated heterocycles. The molecule has 0 N–H and O–H groups in total. The lowest BCUT2D eigenvalue weighted by Gasteiger charge is -2.39. The van der Waals surface area contributed by atoms with Crippen LogP contribution in [0.3, 0.4) is 0 Å². The van der Waals surface area contributed by atoms with Gasteiger partial charge in [0.1, 0.15) is 11.5 Å². The maximum atomic E-state index is 6.77. The van der Waals surface area contributed by atoms with E-state index in [4.69, 9.17) is 29.7 Å². The molecule has 0 fully saturated rings. The van der Waals surface area contributed by atoms with Crippen LogP contribution in [0, 0.1) is 0 Å². The van der Waals surface area contributed by atoms with E-state index in [9.17, 15) is 0 Å². The Balaban J connectivity index is 0.963. The Hall–Kier alpha value is -8.91. The molecule has 9 aromatic carbocycles. The molecule has 3 aromatic heterocycles. The average Bonchev–Trinajstić information content (AvgIpc) is 3.94. The van der Waals surface area contributed by atoms with Crippen molar-refractivity contribution in [3.8, 4) is 90.6 Å². The molecular weight excluding hydrogens is 863 g/mol. The molecule has 0 radical (unpaired) electrons. The Morgan fingerprint density at radius 3 is 1.45 bits per heavy atom. The van der Waals surface area contributed by atoms with E-state index in [0.29, 0.717) is 23.3 Å². The van der Waals surface area contributed by atoms with Crippen LogP contribution in [0.15, 0.2) is 224 Å². The van der Waals surface area contributed by atoms with Crippen molar-refractivity contribution >= 4 is 31.6 Å². The van der Waals surface area contributed by atoms with Gasteiger partial charge in [0.05, 0.1) is 21.3 Å². The van der Waals surface area contributed by atoms with E-state index in [1.54, 1.807) is 11.3 Å². The van der Waals surface area contributed by atoms with E-state index < -0.39 is 5.41 Å². The number of nitrogens with zero attached hydrogens (tertiary/aromatic N) is 5. The van der Waals surface area contributed by atoms with Crippen molar-refractivity contribution in [2.75, 3.05) is 0 Å². The zero-order valence-corrected chi connectivity index (χ0v) is 37.7. The van der Waals surface area contributed by atoms with Gasteiger partial charge in [0.15, 0.2) is 23.3 Å². The Morgan fingerprint density at radius 2 is 0.797 bits per heavy atom. The van der Waals surface area contributed by atoms with Gasteiger partial charge in [-0.2, -0.15) is 0 Å². The van der Waals surface area contributed by atoms with Crippen molar-refractivity contribution < 1.29 is 4.74 Å². The molecule has 7 heteroatoms. The van der Waals surface area contributed by atoms with E-state index in [1.807, 2.05) is 66.7 Å². The third kappa shape index (κ3) is 6.21. The number of hydrogen-bond acceptors (Lipinski definition) is 7. The molecule has 0 saturated carbocycles. The lowest BCUT2D eigenvalue weighted by atomic mass is 9.65. The van der Waals surface area contributed by atoms with Crippen molar-refractivity contribution in [3.05, 3.63) is 247 Å². The number of aromatic nitrogens is 5.